The number of hydrogen-bond acceptors (Lipinski definition) is 2. The van der Waals surface area contributed by atoms with Gasteiger partial charge >= 0.3 is 0 Å². The standard InChI is InChI=1S/C12H25NS/c1-12(2)8-7-10-13(12)9-5-3-4-6-11-14/h14H,3-11H2,1-2H3. The van der Waals surface area contributed by atoms with Gasteiger partial charge in [-0.3, -0.25) is 4.90 Å². The molecule has 0 saturated carbocycles. The maximum atomic E-state index is 4.23. The van der Waals surface area contributed by atoms with Crippen LogP contribution in [-0.4, -0.2) is 29.3 Å². The van der Waals surface area contributed by atoms with E-state index in [1.165, 1.54) is 51.6 Å². The Kier molecular flexibility index (Phi) is 5.32. The average molecular weight is 215 g/mol. The van der Waals surface area contributed by atoms with Crippen LogP contribution in [0.2, 0.25) is 0 Å². The first kappa shape index (κ1) is 12.4. The van der Waals surface area contributed by atoms with E-state index in [0.717, 1.165) is 5.75 Å². The summed E-state index contributed by atoms with van der Waals surface area (Å²) in [4.78, 5) is 2.66. The van der Waals surface area contributed by atoms with Gasteiger partial charge in [-0.1, -0.05) is 12.8 Å². The first-order chi connectivity index (χ1) is 6.67. The third kappa shape index (κ3) is 3.82. The van der Waals surface area contributed by atoms with E-state index in [2.05, 4.69) is 31.4 Å². The molecule has 14 heavy (non-hydrogen) atoms. The molecule has 1 aliphatic rings. The van der Waals surface area contributed by atoms with Crippen molar-refractivity contribution in [1.82, 2.24) is 4.90 Å². The zero-order chi connectivity index (χ0) is 10.4. The molecule has 1 saturated heterocycles. The minimum Gasteiger partial charge on any atom is -0.298 e. The monoisotopic (exact) mass is 215 g/mol. The Labute approximate surface area is 94.7 Å². The van der Waals surface area contributed by atoms with Gasteiger partial charge in [0.05, 0.1) is 0 Å². The number of unbranched alkanes of at least 4 members (excludes halogenated alkanes) is 3. The average Bonchev–Trinajstić information content (AvgIpc) is 2.45. The Balaban J connectivity index is 2.06. The van der Waals surface area contributed by atoms with E-state index in [9.17, 15) is 0 Å². The van der Waals surface area contributed by atoms with Crippen molar-refractivity contribution in [2.24, 2.45) is 0 Å². The molecular weight excluding hydrogens is 190 g/mol. The van der Waals surface area contributed by atoms with Crippen molar-refractivity contribution < 1.29 is 0 Å². The molecule has 0 amide bonds. The predicted molar refractivity (Wildman–Crippen MR) is 67.2 cm³/mol. The van der Waals surface area contributed by atoms with E-state index in [4.69, 9.17) is 0 Å². The lowest BCUT2D eigenvalue weighted by Crippen LogP contribution is -2.38. The number of rotatable bonds is 6. The number of hydrogen-bond donors (Lipinski definition) is 1. The summed E-state index contributed by atoms with van der Waals surface area (Å²) in [6.45, 7) is 7.39. The minimum atomic E-state index is 0.476. The molecule has 0 bridgehead atoms. The molecule has 0 radical (unpaired) electrons. The lowest BCUT2D eigenvalue weighted by atomic mass is 10.0. The summed E-state index contributed by atoms with van der Waals surface area (Å²) in [5.41, 5.74) is 0.476. The number of likely N-dealkylation sites (tertiary alicyclic amines) is 1. The summed E-state index contributed by atoms with van der Waals surface area (Å²) in [7, 11) is 0. The third-order valence-corrected chi connectivity index (χ3v) is 3.73. The topological polar surface area (TPSA) is 3.24 Å². The quantitative estimate of drug-likeness (QED) is 0.525. The van der Waals surface area contributed by atoms with E-state index < -0.39 is 0 Å². The van der Waals surface area contributed by atoms with E-state index in [1.54, 1.807) is 0 Å². The molecule has 0 aromatic carbocycles. The second kappa shape index (κ2) is 6.02. The van der Waals surface area contributed by atoms with Crippen LogP contribution in [0, 0.1) is 0 Å². The maximum absolute atomic E-state index is 4.23. The predicted octanol–water partition coefficient (Wildman–Crippen LogP) is 3.35. The molecule has 84 valence electrons. The molecule has 0 aromatic rings. The van der Waals surface area contributed by atoms with Crippen molar-refractivity contribution in [3.8, 4) is 0 Å². The van der Waals surface area contributed by atoms with Crippen LogP contribution in [-0.2, 0) is 0 Å². The van der Waals surface area contributed by atoms with Crippen molar-refractivity contribution in [2.75, 3.05) is 18.8 Å². The highest BCUT2D eigenvalue weighted by Gasteiger charge is 2.30. The van der Waals surface area contributed by atoms with Gasteiger partial charge in [-0.15, -0.1) is 0 Å². The minimum absolute atomic E-state index is 0.476. The fraction of sp³-hybridized carbons (Fsp3) is 1.00. The normalized spacial score (nSPS) is 21.6. The SMILES string of the molecule is CC1(C)CCCN1CCCCCCS. The molecule has 0 aromatic heterocycles. The lowest BCUT2D eigenvalue weighted by molar-refractivity contribution is 0.171. The van der Waals surface area contributed by atoms with Crippen LogP contribution in [0.15, 0.2) is 0 Å². The van der Waals surface area contributed by atoms with Gasteiger partial charge in [0.2, 0.25) is 0 Å². The number of thiol groups is 1. The van der Waals surface area contributed by atoms with E-state index in [-0.39, 0.29) is 0 Å². The van der Waals surface area contributed by atoms with Gasteiger partial charge in [0.15, 0.2) is 0 Å². The van der Waals surface area contributed by atoms with Gasteiger partial charge < -0.3 is 0 Å². The fourth-order valence-corrected chi connectivity index (χ4v) is 2.57. The van der Waals surface area contributed by atoms with Gasteiger partial charge in [0.1, 0.15) is 0 Å². The summed E-state index contributed by atoms with van der Waals surface area (Å²) in [5.74, 6) is 1.05. The Morgan fingerprint density at radius 3 is 2.43 bits per heavy atom. The highest BCUT2D eigenvalue weighted by Crippen LogP contribution is 2.28. The summed E-state index contributed by atoms with van der Waals surface area (Å²) >= 11 is 4.23. The zero-order valence-corrected chi connectivity index (χ0v) is 10.7. The van der Waals surface area contributed by atoms with E-state index >= 15 is 0 Å². The van der Waals surface area contributed by atoms with Crippen LogP contribution >= 0.6 is 12.6 Å². The van der Waals surface area contributed by atoms with E-state index in [1.807, 2.05) is 0 Å². The Hall–Kier alpha value is 0.310. The third-order valence-electron chi connectivity index (χ3n) is 3.41. The van der Waals surface area contributed by atoms with Gasteiger partial charge in [-0.2, -0.15) is 12.6 Å². The maximum Gasteiger partial charge on any atom is 0.0153 e. The fourth-order valence-electron chi connectivity index (χ4n) is 2.35. The molecule has 0 unspecified atom stereocenters. The van der Waals surface area contributed by atoms with E-state index in [0.29, 0.717) is 5.54 Å². The molecule has 0 atom stereocenters. The van der Waals surface area contributed by atoms with Crippen molar-refractivity contribution in [2.45, 2.75) is 57.9 Å². The lowest BCUT2D eigenvalue weighted by Gasteiger charge is -2.31. The smallest absolute Gasteiger partial charge is 0.0153 e. The zero-order valence-electron chi connectivity index (χ0n) is 9.76. The molecule has 1 nitrogen and oxygen atoms in total. The first-order valence-corrected chi connectivity index (χ1v) is 6.66. The van der Waals surface area contributed by atoms with Gasteiger partial charge in [-0.25, -0.2) is 0 Å². The van der Waals surface area contributed by atoms with Crippen LogP contribution in [0.4, 0.5) is 0 Å². The van der Waals surface area contributed by atoms with Crippen LogP contribution in [0.25, 0.3) is 0 Å². The second-order valence-corrected chi connectivity index (χ2v) is 5.49. The van der Waals surface area contributed by atoms with Gasteiger partial charge in [0, 0.05) is 5.54 Å². The Morgan fingerprint density at radius 1 is 1.14 bits per heavy atom. The summed E-state index contributed by atoms with van der Waals surface area (Å²) in [6, 6.07) is 0. The molecule has 0 spiro atoms. The van der Waals surface area contributed by atoms with Crippen molar-refractivity contribution in [3.05, 3.63) is 0 Å². The van der Waals surface area contributed by atoms with Crippen LogP contribution in [0.1, 0.15) is 52.4 Å². The molecule has 0 aliphatic carbocycles. The molecule has 1 aliphatic heterocycles. The van der Waals surface area contributed by atoms with Crippen LogP contribution in [0.5, 0.6) is 0 Å². The van der Waals surface area contributed by atoms with Crippen LogP contribution in [0.3, 0.4) is 0 Å². The molecular formula is C12H25NS. The molecule has 1 fully saturated rings. The Bertz CT molecular complexity index is 156. The van der Waals surface area contributed by atoms with Gasteiger partial charge in [-0.05, 0) is 58.4 Å². The summed E-state index contributed by atoms with van der Waals surface area (Å²) < 4.78 is 0. The van der Waals surface area contributed by atoms with Crippen molar-refractivity contribution in [3.63, 3.8) is 0 Å². The molecule has 1 heterocycles. The molecule has 2 heteroatoms. The van der Waals surface area contributed by atoms with Crippen molar-refractivity contribution >= 4 is 12.6 Å². The largest absolute Gasteiger partial charge is 0.298 e. The molecule has 1 rings (SSSR count). The van der Waals surface area contributed by atoms with Gasteiger partial charge in [0.25, 0.3) is 0 Å². The highest BCUT2D eigenvalue weighted by atomic mass is 32.1. The highest BCUT2D eigenvalue weighted by molar-refractivity contribution is 7.80. The van der Waals surface area contributed by atoms with Crippen LogP contribution < -0.4 is 0 Å². The van der Waals surface area contributed by atoms with Crippen molar-refractivity contribution in [1.29, 1.82) is 0 Å². The first-order valence-electron chi connectivity index (χ1n) is 6.03. The second-order valence-electron chi connectivity index (χ2n) is 5.04. The summed E-state index contributed by atoms with van der Waals surface area (Å²) in [6.07, 6.45) is 8.17. The Morgan fingerprint density at radius 2 is 1.86 bits per heavy atom. The summed E-state index contributed by atoms with van der Waals surface area (Å²) in [5, 5.41) is 0. The number of nitrogens with zero attached hydrogens (tertiary/aromatic N) is 1. The molecule has 0 N–H and O–H groups in total.